The Bertz CT molecular complexity index is 975. The Balaban J connectivity index is 1.11. The van der Waals surface area contributed by atoms with Crippen molar-refractivity contribution in [1.29, 1.82) is 0 Å². The van der Waals surface area contributed by atoms with E-state index in [0.717, 1.165) is 17.8 Å². The first kappa shape index (κ1) is 18.8. The average Bonchev–Trinajstić information content (AvgIpc) is 3.12. The van der Waals surface area contributed by atoms with Crippen LogP contribution in [0, 0.1) is 23.2 Å². The summed E-state index contributed by atoms with van der Waals surface area (Å²) in [6.07, 6.45) is 9.74. The Morgan fingerprint density at radius 2 is 1.90 bits per heavy atom. The van der Waals surface area contributed by atoms with Gasteiger partial charge < -0.3 is 10.1 Å². The summed E-state index contributed by atoms with van der Waals surface area (Å²) in [7, 11) is 0. The van der Waals surface area contributed by atoms with Crippen LogP contribution >= 0.6 is 11.3 Å². The van der Waals surface area contributed by atoms with E-state index < -0.39 is 5.97 Å². The maximum Gasteiger partial charge on any atom is 0.325 e. The number of ether oxygens (including phenoxy) is 1. The zero-order valence-electron chi connectivity index (χ0n) is 16.3. The molecule has 0 saturated heterocycles. The third-order valence-corrected chi connectivity index (χ3v) is 7.62. The number of hydrogen-bond acceptors (Lipinski definition) is 6. The number of thiazole rings is 1. The lowest BCUT2D eigenvalue weighted by Crippen LogP contribution is -2.48. The normalized spacial score (nSPS) is 29.9. The van der Waals surface area contributed by atoms with Crippen molar-refractivity contribution in [3.63, 3.8) is 0 Å². The molecular weight excluding hydrogens is 390 g/mol. The molecule has 6 rings (SSSR count). The van der Waals surface area contributed by atoms with Gasteiger partial charge in [-0.1, -0.05) is 0 Å². The van der Waals surface area contributed by atoms with Crippen LogP contribution in [0.25, 0.3) is 4.96 Å². The lowest BCUT2D eigenvalue weighted by molar-refractivity contribution is -0.146. The molecule has 2 aromatic heterocycles. The molecule has 4 aliphatic rings. The minimum Gasteiger partial charge on any atom is -0.458 e. The van der Waals surface area contributed by atoms with Crippen LogP contribution in [0.5, 0.6) is 0 Å². The highest BCUT2D eigenvalue weighted by Gasteiger charge is 2.51. The summed E-state index contributed by atoms with van der Waals surface area (Å²) in [6.45, 7) is -0.223. The van der Waals surface area contributed by atoms with Crippen LogP contribution < -0.4 is 10.9 Å². The number of carbonyl (C=O) groups excluding carboxylic acids is 2. The van der Waals surface area contributed by atoms with Crippen LogP contribution in [-0.2, 0) is 20.9 Å². The molecule has 0 atom stereocenters. The SMILES string of the molecule is O=C(CC12CC3CC(CC(C3)C1)C2)NCC(=O)OCc1cc(=O)n2ccsc2n1. The number of carbonyl (C=O) groups is 2. The molecule has 0 aliphatic heterocycles. The van der Waals surface area contributed by atoms with Crippen molar-refractivity contribution in [2.45, 2.75) is 51.6 Å². The van der Waals surface area contributed by atoms with Crippen molar-refractivity contribution in [3.8, 4) is 0 Å². The fraction of sp³-hybridized carbons (Fsp3) is 0.619. The first-order chi connectivity index (χ1) is 14.0. The third-order valence-electron chi connectivity index (χ3n) is 6.87. The number of amides is 1. The van der Waals surface area contributed by atoms with Gasteiger partial charge in [0.1, 0.15) is 13.2 Å². The summed E-state index contributed by atoms with van der Waals surface area (Å²) in [5, 5.41) is 4.51. The molecule has 4 bridgehead atoms. The van der Waals surface area contributed by atoms with Gasteiger partial charge in [-0.05, 0) is 61.7 Å². The fourth-order valence-electron chi connectivity index (χ4n) is 6.25. The van der Waals surface area contributed by atoms with Crippen molar-refractivity contribution in [1.82, 2.24) is 14.7 Å². The second kappa shape index (κ2) is 7.23. The van der Waals surface area contributed by atoms with Crippen LogP contribution in [-0.4, -0.2) is 27.8 Å². The molecule has 4 aliphatic carbocycles. The molecule has 0 unspecified atom stereocenters. The zero-order chi connectivity index (χ0) is 20.0. The maximum absolute atomic E-state index is 12.5. The molecule has 0 radical (unpaired) electrons. The van der Waals surface area contributed by atoms with Gasteiger partial charge in [-0.3, -0.25) is 18.8 Å². The van der Waals surface area contributed by atoms with Gasteiger partial charge >= 0.3 is 5.97 Å². The Morgan fingerprint density at radius 1 is 1.21 bits per heavy atom. The summed E-state index contributed by atoms with van der Waals surface area (Å²) in [5.74, 6) is 1.83. The molecule has 1 N–H and O–H groups in total. The number of nitrogens with zero attached hydrogens (tertiary/aromatic N) is 2. The highest BCUT2D eigenvalue weighted by molar-refractivity contribution is 7.15. The number of esters is 1. The monoisotopic (exact) mass is 415 g/mol. The summed E-state index contributed by atoms with van der Waals surface area (Å²) in [6, 6.07) is 1.36. The van der Waals surface area contributed by atoms with Crippen molar-refractivity contribution in [3.05, 3.63) is 33.7 Å². The molecule has 154 valence electrons. The Hall–Kier alpha value is -2.22. The standard InChI is InChI=1S/C21H25N3O4S/c25-17(10-21-7-13-3-14(8-21)5-15(4-13)9-21)22-11-19(27)28-12-16-6-18(26)24-1-2-29-20(24)23-16/h1-2,6,13-15H,3-5,7-12H2,(H,22,25). The van der Waals surface area contributed by atoms with Gasteiger partial charge in [-0.2, -0.15) is 0 Å². The molecule has 4 fully saturated rings. The lowest BCUT2D eigenvalue weighted by Gasteiger charge is -2.56. The van der Waals surface area contributed by atoms with Crippen LogP contribution in [0.4, 0.5) is 0 Å². The summed E-state index contributed by atoms with van der Waals surface area (Å²) in [5.41, 5.74) is 0.363. The highest BCUT2D eigenvalue weighted by atomic mass is 32.1. The molecule has 8 heteroatoms. The predicted molar refractivity (Wildman–Crippen MR) is 107 cm³/mol. The van der Waals surface area contributed by atoms with Crippen LogP contribution in [0.1, 0.15) is 50.6 Å². The molecule has 2 heterocycles. The molecule has 0 aromatic carbocycles. The van der Waals surface area contributed by atoms with E-state index in [-0.39, 0.29) is 30.0 Å². The smallest absolute Gasteiger partial charge is 0.325 e. The quantitative estimate of drug-likeness (QED) is 0.733. The van der Waals surface area contributed by atoms with Crippen LogP contribution in [0.2, 0.25) is 0 Å². The van der Waals surface area contributed by atoms with E-state index in [9.17, 15) is 14.4 Å². The van der Waals surface area contributed by atoms with Gasteiger partial charge in [-0.25, -0.2) is 4.98 Å². The van der Waals surface area contributed by atoms with Crippen molar-refractivity contribution >= 4 is 28.2 Å². The van der Waals surface area contributed by atoms with Gasteiger partial charge in [0.2, 0.25) is 5.91 Å². The van der Waals surface area contributed by atoms with E-state index in [2.05, 4.69) is 10.3 Å². The van der Waals surface area contributed by atoms with Gasteiger partial charge in [0.15, 0.2) is 4.96 Å². The maximum atomic E-state index is 12.5. The van der Waals surface area contributed by atoms with Crippen molar-refractivity contribution in [2.24, 2.45) is 23.2 Å². The Morgan fingerprint density at radius 3 is 2.59 bits per heavy atom. The highest BCUT2D eigenvalue weighted by Crippen LogP contribution is 2.61. The van der Waals surface area contributed by atoms with Gasteiger partial charge in [0.05, 0.1) is 5.69 Å². The van der Waals surface area contributed by atoms with Gasteiger partial charge in [0, 0.05) is 24.1 Å². The molecular formula is C21H25N3O4S. The lowest BCUT2D eigenvalue weighted by atomic mass is 9.49. The molecule has 2 aromatic rings. The van der Waals surface area contributed by atoms with Crippen molar-refractivity contribution in [2.75, 3.05) is 6.54 Å². The van der Waals surface area contributed by atoms with Crippen molar-refractivity contribution < 1.29 is 14.3 Å². The Kier molecular flexibility index (Phi) is 4.69. The summed E-state index contributed by atoms with van der Waals surface area (Å²) >= 11 is 1.34. The van der Waals surface area contributed by atoms with E-state index in [1.165, 1.54) is 60.3 Å². The van der Waals surface area contributed by atoms with E-state index in [4.69, 9.17) is 4.74 Å². The van der Waals surface area contributed by atoms with Crippen LogP contribution in [0.15, 0.2) is 22.4 Å². The molecule has 7 nitrogen and oxygen atoms in total. The predicted octanol–water partition coefficient (Wildman–Crippen LogP) is 2.52. The minimum atomic E-state index is -0.517. The van der Waals surface area contributed by atoms with E-state index in [1.807, 2.05) is 0 Å². The molecule has 29 heavy (non-hydrogen) atoms. The largest absolute Gasteiger partial charge is 0.458 e. The number of fused-ring (bicyclic) bond motifs is 1. The van der Waals surface area contributed by atoms with Gasteiger partial charge in [-0.15, -0.1) is 11.3 Å². The number of nitrogens with one attached hydrogen (secondary N) is 1. The van der Waals surface area contributed by atoms with Crippen LogP contribution in [0.3, 0.4) is 0 Å². The van der Waals surface area contributed by atoms with E-state index >= 15 is 0 Å². The number of rotatable bonds is 6. The fourth-order valence-corrected chi connectivity index (χ4v) is 6.99. The molecule has 4 saturated carbocycles. The average molecular weight is 416 g/mol. The Labute approximate surface area is 172 Å². The third kappa shape index (κ3) is 3.82. The van der Waals surface area contributed by atoms with Gasteiger partial charge in [0.25, 0.3) is 5.56 Å². The molecule has 0 spiro atoms. The summed E-state index contributed by atoms with van der Waals surface area (Å²) < 4.78 is 6.64. The van der Waals surface area contributed by atoms with E-state index in [0.29, 0.717) is 17.1 Å². The second-order valence-corrected chi connectivity index (χ2v) is 10.0. The first-order valence-electron chi connectivity index (χ1n) is 10.4. The molecule has 1 amide bonds. The topological polar surface area (TPSA) is 89.8 Å². The number of hydrogen-bond donors (Lipinski definition) is 1. The summed E-state index contributed by atoms with van der Waals surface area (Å²) in [4.78, 5) is 41.4. The second-order valence-electron chi connectivity index (χ2n) is 9.17. The number of aromatic nitrogens is 2. The first-order valence-corrected chi connectivity index (χ1v) is 11.2. The minimum absolute atomic E-state index is 0.0553. The zero-order valence-corrected chi connectivity index (χ0v) is 17.1. The van der Waals surface area contributed by atoms with E-state index in [1.54, 1.807) is 11.6 Å².